The second kappa shape index (κ2) is 7.70. The number of fused-ring (bicyclic) bond motifs is 1. The van der Waals surface area contributed by atoms with Gasteiger partial charge in [-0.25, -0.2) is 4.98 Å². The molecule has 5 nitrogen and oxygen atoms in total. The summed E-state index contributed by atoms with van der Waals surface area (Å²) >= 11 is 1.39. The van der Waals surface area contributed by atoms with Gasteiger partial charge in [-0.2, -0.15) is 0 Å². The first-order valence-electron chi connectivity index (χ1n) is 8.66. The number of rotatable bonds is 5. The maximum atomic E-state index is 12.6. The van der Waals surface area contributed by atoms with Gasteiger partial charge in [-0.3, -0.25) is 10.1 Å². The van der Waals surface area contributed by atoms with Crippen LogP contribution in [0.3, 0.4) is 0 Å². The number of anilines is 1. The van der Waals surface area contributed by atoms with E-state index in [-0.39, 0.29) is 5.91 Å². The van der Waals surface area contributed by atoms with Crippen LogP contribution in [0, 0.1) is 0 Å². The predicted octanol–water partition coefficient (Wildman–Crippen LogP) is 5.23. The van der Waals surface area contributed by atoms with Crippen LogP contribution in [0.2, 0.25) is 0 Å². The Hall–Kier alpha value is -3.38. The van der Waals surface area contributed by atoms with E-state index in [1.54, 1.807) is 25.3 Å². The minimum atomic E-state index is -0.279. The molecule has 1 heterocycles. The number of nitrogens with one attached hydrogen (secondary N) is 1. The van der Waals surface area contributed by atoms with Crippen molar-refractivity contribution in [2.75, 3.05) is 19.5 Å². The molecule has 1 amide bonds. The second-order valence-electron chi connectivity index (χ2n) is 6.12. The summed E-state index contributed by atoms with van der Waals surface area (Å²) in [6.07, 6.45) is 0. The lowest BCUT2D eigenvalue weighted by Gasteiger charge is -2.09. The first-order chi connectivity index (χ1) is 13.7. The molecule has 6 heteroatoms. The molecule has 0 saturated carbocycles. The van der Waals surface area contributed by atoms with E-state index in [1.807, 2.05) is 23.6 Å². The molecule has 0 saturated heterocycles. The molecular weight excluding hydrogens is 372 g/mol. The van der Waals surface area contributed by atoms with Gasteiger partial charge in [-0.1, -0.05) is 36.4 Å². The van der Waals surface area contributed by atoms with Crippen LogP contribution >= 0.6 is 11.3 Å². The van der Waals surface area contributed by atoms with Crippen LogP contribution in [-0.2, 0) is 0 Å². The summed E-state index contributed by atoms with van der Waals surface area (Å²) in [6.45, 7) is 0. The van der Waals surface area contributed by atoms with Gasteiger partial charge in [0.1, 0.15) is 11.5 Å². The zero-order chi connectivity index (χ0) is 19.5. The highest BCUT2D eigenvalue weighted by Crippen LogP contribution is 2.29. The zero-order valence-electron chi connectivity index (χ0n) is 15.4. The Bertz CT molecular complexity index is 1150. The lowest BCUT2D eigenvalue weighted by molar-refractivity contribution is 0.102. The Morgan fingerprint density at radius 1 is 0.964 bits per heavy atom. The molecule has 0 aliphatic heterocycles. The summed E-state index contributed by atoms with van der Waals surface area (Å²) in [5.74, 6) is 0.795. The van der Waals surface area contributed by atoms with E-state index in [0.29, 0.717) is 22.2 Å². The summed E-state index contributed by atoms with van der Waals surface area (Å²) in [5, 5.41) is 7.65. The Morgan fingerprint density at radius 2 is 1.79 bits per heavy atom. The maximum Gasteiger partial charge on any atom is 0.261 e. The molecule has 0 spiro atoms. The van der Waals surface area contributed by atoms with Crippen molar-refractivity contribution in [2.45, 2.75) is 0 Å². The van der Waals surface area contributed by atoms with Gasteiger partial charge in [0, 0.05) is 17.0 Å². The van der Waals surface area contributed by atoms with Gasteiger partial charge < -0.3 is 9.47 Å². The highest BCUT2D eigenvalue weighted by molar-refractivity contribution is 7.14. The number of ether oxygens (including phenoxy) is 2. The summed E-state index contributed by atoms with van der Waals surface area (Å²) in [4.78, 5) is 17.2. The number of carbonyl (C=O) groups excluding carboxylic acids is 1. The maximum absolute atomic E-state index is 12.6. The number of aromatic nitrogens is 1. The van der Waals surface area contributed by atoms with Crippen molar-refractivity contribution in [2.24, 2.45) is 0 Å². The number of benzene rings is 3. The third kappa shape index (κ3) is 3.54. The van der Waals surface area contributed by atoms with Crippen LogP contribution in [0.25, 0.3) is 22.0 Å². The van der Waals surface area contributed by atoms with Gasteiger partial charge in [0.15, 0.2) is 5.13 Å². The average molecular weight is 390 g/mol. The molecule has 4 aromatic rings. The molecule has 140 valence electrons. The van der Waals surface area contributed by atoms with Crippen molar-refractivity contribution < 1.29 is 14.3 Å². The highest BCUT2D eigenvalue weighted by atomic mass is 32.1. The smallest absolute Gasteiger partial charge is 0.261 e. The summed E-state index contributed by atoms with van der Waals surface area (Å²) < 4.78 is 10.5. The van der Waals surface area contributed by atoms with Gasteiger partial charge in [-0.15, -0.1) is 11.3 Å². The Balaban J connectivity index is 1.57. The SMILES string of the molecule is COc1ccc(C(=O)Nc2nc(-c3ccc4ccccc4c3)cs2)c(OC)c1. The molecular formula is C22H18N2O3S. The van der Waals surface area contributed by atoms with Crippen LogP contribution in [0.15, 0.2) is 66.0 Å². The van der Waals surface area contributed by atoms with Crippen LogP contribution in [-0.4, -0.2) is 25.1 Å². The molecule has 4 rings (SSSR count). The minimum Gasteiger partial charge on any atom is -0.497 e. The Labute approximate surface area is 166 Å². The van der Waals surface area contributed by atoms with E-state index in [2.05, 4.69) is 34.6 Å². The monoisotopic (exact) mass is 390 g/mol. The fraction of sp³-hybridized carbons (Fsp3) is 0.0909. The van der Waals surface area contributed by atoms with Crippen LogP contribution in [0.1, 0.15) is 10.4 Å². The molecule has 0 aliphatic rings. The number of thiazole rings is 1. The standard InChI is InChI=1S/C22H18N2O3S/c1-26-17-9-10-18(20(12-17)27-2)21(25)24-22-23-19(13-28-22)16-8-7-14-5-3-4-6-15(14)11-16/h3-13H,1-2H3,(H,23,24,25). The third-order valence-corrected chi connectivity index (χ3v) is 5.18. The number of nitrogens with zero attached hydrogens (tertiary/aromatic N) is 1. The molecule has 0 fully saturated rings. The highest BCUT2D eigenvalue weighted by Gasteiger charge is 2.15. The van der Waals surface area contributed by atoms with Crippen LogP contribution in [0.5, 0.6) is 11.5 Å². The van der Waals surface area contributed by atoms with Gasteiger partial charge in [-0.05, 0) is 29.0 Å². The van der Waals surface area contributed by atoms with E-state index >= 15 is 0 Å². The van der Waals surface area contributed by atoms with Crippen molar-refractivity contribution >= 4 is 33.1 Å². The largest absolute Gasteiger partial charge is 0.497 e. The van der Waals surface area contributed by atoms with Gasteiger partial charge in [0.2, 0.25) is 0 Å². The first kappa shape index (κ1) is 18.0. The van der Waals surface area contributed by atoms with E-state index in [9.17, 15) is 4.79 Å². The van der Waals surface area contributed by atoms with E-state index < -0.39 is 0 Å². The van der Waals surface area contributed by atoms with Gasteiger partial charge in [0.05, 0.1) is 25.5 Å². The van der Waals surface area contributed by atoms with Crippen molar-refractivity contribution in [1.29, 1.82) is 0 Å². The van der Waals surface area contributed by atoms with Crippen molar-refractivity contribution in [3.05, 3.63) is 71.6 Å². The fourth-order valence-corrected chi connectivity index (χ4v) is 3.68. The summed E-state index contributed by atoms with van der Waals surface area (Å²) in [6, 6.07) is 19.5. The number of hydrogen-bond acceptors (Lipinski definition) is 5. The van der Waals surface area contributed by atoms with Gasteiger partial charge in [0.25, 0.3) is 5.91 Å². The zero-order valence-corrected chi connectivity index (χ0v) is 16.2. The van der Waals surface area contributed by atoms with E-state index in [1.165, 1.54) is 23.8 Å². The molecule has 0 bridgehead atoms. The summed E-state index contributed by atoms with van der Waals surface area (Å²) in [7, 11) is 3.09. The van der Waals surface area contributed by atoms with Crippen molar-refractivity contribution in [3.63, 3.8) is 0 Å². The number of methoxy groups -OCH3 is 2. The normalized spacial score (nSPS) is 10.6. The number of amides is 1. The third-order valence-electron chi connectivity index (χ3n) is 4.42. The molecule has 3 aromatic carbocycles. The van der Waals surface area contributed by atoms with Crippen LogP contribution < -0.4 is 14.8 Å². The fourth-order valence-electron chi connectivity index (χ4n) is 2.96. The van der Waals surface area contributed by atoms with Crippen molar-refractivity contribution in [3.8, 4) is 22.8 Å². The average Bonchev–Trinajstić information content (AvgIpc) is 3.21. The quantitative estimate of drug-likeness (QED) is 0.507. The van der Waals surface area contributed by atoms with Crippen LogP contribution in [0.4, 0.5) is 5.13 Å². The molecule has 1 N–H and O–H groups in total. The molecule has 0 aliphatic carbocycles. The topological polar surface area (TPSA) is 60.5 Å². The number of carbonyl (C=O) groups is 1. The first-order valence-corrected chi connectivity index (χ1v) is 9.54. The molecule has 0 unspecified atom stereocenters. The van der Waals surface area contributed by atoms with E-state index in [0.717, 1.165) is 16.6 Å². The Kier molecular flexibility index (Phi) is 4.95. The molecule has 28 heavy (non-hydrogen) atoms. The predicted molar refractivity (Wildman–Crippen MR) is 113 cm³/mol. The van der Waals surface area contributed by atoms with Crippen molar-refractivity contribution in [1.82, 2.24) is 4.98 Å². The molecule has 0 atom stereocenters. The lowest BCUT2D eigenvalue weighted by atomic mass is 10.1. The number of hydrogen-bond donors (Lipinski definition) is 1. The van der Waals surface area contributed by atoms with Gasteiger partial charge >= 0.3 is 0 Å². The molecule has 0 radical (unpaired) electrons. The summed E-state index contributed by atoms with van der Waals surface area (Å²) in [5.41, 5.74) is 2.26. The Morgan fingerprint density at radius 3 is 2.57 bits per heavy atom. The second-order valence-corrected chi connectivity index (χ2v) is 6.98. The van der Waals surface area contributed by atoms with E-state index in [4.69, 9.17) is 9.47 Å². The lowest BCUT2D eigenvalue weighted by Crippen LogP contribution is -2.13. The molecule has 1 aromatic heterocycles. The minimum absolute atomic E-state index is 0.279.